The monoisotopic (exact) mass is 292 g/mol. The van der Waals surface area contributed by atoms with Crippen LogP contribution in [0.4, 0.5) is 0 Å². The predicted molar refractivity (Wildman–Crippen MR) is 78.7 cm³/mol. The first-order chi connectivity index (χ1) is 9.13. The molecule has 98 valence electrons. The van der Waals surface area contributed by atoms with Gasteiger partial charge in [0.25, 0.3) is 0 Å². The highest BCUT2D eigenvalue weighted by molar-refractivity contribution is 7.15. The Morgan fingerprint density at radius 1 is 1.47 bits per heavy atom. The maximum atomic E-state index is 5.99. The Morgan fingerprint density at radius 3 is 3.05 bits per heavy atom. The van der Waals surface area contributed by atoms with E-state index in [1.165, 1.54) is 0 Å². The topological polar surface area (TPSA) is 56.2 Å². The van der Waals surface area contributed by atoms with Crippen molar-refractivity contribution in [1.29, 1.82) is 0 Å². The van der Waals surface area contributed by atoms with Gasteiger partial charge in [0.2, 0.25) is 4.96 Å². The van der Waals surface area contributed by atoms with Crippen molar-refractivity contribution < 1.29 is 0 Å². The Labute approximate surface area is 119 Å². The molecule has 1 aromatic carbocycles. The number of rotatable bonds is 3. The minimum atomic E-state index is 0.108. The summed E-state index contributed by atoms with van der Waals surface area (Å²) in [5.41, 5.74) is 7.86. The maximum Gasteiger partial charge on any atom is 0.212 e. The minimum absolute atomic E-state index is 0.108. The number of benzene rings is 1. The average molecular weight is 293 g/mol. The summed E-state index contributed by atoms with van der Waals surface area (Å²) in [6.07, 6.45) is 0.790. The van der Waals surface area contributed by atoms with Gasteiger partial charge in [-0.15, -0.1) is 16.4 Å². The number of hydrogen-bond donors (Lipinski definition) is 1. The van der Waals surface area contributed by atoms with Gasteiger partial charge in [0, 0.05) is 28.4 Å². The van der Waals surface area contributed by atoms with Crippen LogP contribution in [0.25, 0.3) is 16.3 Å². The van der Waals surface area contributed by atoms with Crippen LogP contribution in [0, 0.1) is 0 Å². The largest absolute Gasteiger partial charge is 0.328 e. The number of thiazole rings is 1. The molecule has 0 radical (unpaired) electrons. The maximum absolute atomic E-state index is 5.99. The summed E-state index contributed by atoms with van der Waals surface area (Å²) in [7, 11) is 0. The third-order valence-electron chi connectivity index (χ3n) is 2.76. The molecule has 0 aliphatic carbocycles. The molecule has 3 aromatic rings. The highest BCUT2D eigenvalue weighted by atomic mass is 35.5. The molecule has 0 aliphatic rings. The molecule has 0 saturated heterocycles. The van der Waals surface area contributed by atoms with E-state index in [1.54, 1.807) is 11.3 Å². The minimum Gasteiger partial charge on any atom is -0.328 e. The molecule has 2 N–H and O–H groups in total. The second-order valence-corrected chi connectivity index (χ2v) is 5.82. The van der Waals surface area contributed by atoms with Crippen molar-refractivity contribution in [2.45, 2.75) is 19.4 Å². The van der Waals surface area contributed by atoms with Crippen molar-refractivity contribution in [2.24, 2.45) is 5.73 Å². The highest BCUT2D eigenvalue weighted by Gasteiger charge is 2.12. The Balaban J connectivity index is 2.04. The Hall–Kier alpha value is -1.43. The van der Waals surface area contributed by atoms with Gasteiger partial charge in [-0.2, -0.15) is 4.98 Å². The number of hydrogen-bond acceptors (Lipinski definition) is 4. The first kappa shape index (κ1) is 12.6. The van der Waals surface area contributed by atoms with Crippen molar-refractivity contribution in [1.82, 2.24) is 14.6 Å². The first-order valence-corrected chi connectivity index (χ1v) is 7.24. The standard InChI is InChI=1S/C13H13ClN4S/c1-8(15)5-11-7-19-13-16-12(17-18(11)13)9-3-2-4-10(14)6-9/h2-4,6-8H,5,15H2,1H3. The van der Waals surface area contributed by atoms with E-state index in [-0.39, 0.29) is 6.04 Å². The third-order valence-corrected chi connectivity index (χ3v) is 3.86. The lowest BCUT2D eigenvalue weighted by Crippen LogP contribution is -2.18. The Kier molecular flexibility index (Phi) is 3.26. The number of aromatic nitrogens is 3. The lowest BCUT2D eigenvalue weighted by molar-refractivity contribution is 0.703. The fraction of sp³-hybridized carbons (Fsp3) is 0.231. The van der Waals surface area contributed by atoms with E-state index >= 15 is 0 Å². The SMILES string of the molecule is CC(N)Cc1csc2nc(-c3cccc(Cl)c3)nn12. The molecular weight excluding hydrogens is 280 g/mol. The van der Waals surface area contributed by atoms with Gasteiger partial charge in [0.1, 0.15) is 0 Å². The summed E-state index contributed by atoms with van der Waals surface area (Å²) in [4.78, 5) is 5.40. The highest BCUT2D eigenvalue weighted by Crippen LogP contribution is 2.23. The zero-order chi connectivity index (χ0) is 13.4. The molecule has 0 saturated carbocycles. The summed E-state index contributed by atoms with van der Waals surface area (Å²) in [6, 6.07) is 7.67. The van der Waals surface area contributed by atoms with E-state index in [4.69, 9.17) is 17.3 Å². The van der Waals surface area contributed by atoms with Gasteiger partial charge in [-0.25, -0.2) is 4.52 Å². The van der Waals surface area contributed by atoms with Gasteiger partial charge >= 0.3 is 0 Å². The molecule has 2 heterocycles. The summed E-state index contributed by atoms with van der Waals surface area (Å²) >= 11 is 7.57. The quantitative estimate of drug-likeness (QED) is 0.807. The molecule has 0 aliphatic heterocycles. The zero-order valence-corrected chi connectivity index (χ0v) is 11.9. The van der Waals surface area contributed by atoms with Crippen LogP contribution in [0.15, 0.2) is 29.6 Å². The predicted octanol–water partition coefficient (Wildman–Crippen LogP) is 3.00. The molecule has 3 rings (SSSR count). The summed E-state index contributed by atoms with van der Waals surface area (Å²) < 4.78 is 1.87. The van der Waals surface area contributed by atoms with E-state index < -0.39 is 0 Å². The third kappa shape index (κ3) is 2.49. The normalized spacial score (nSPS) is 13.0. The molecule has 1 unspecified atom stereocenters. The molecule has 0 amide bonds. The number of fused-ring (bicyclic) bond motifs is 1. The molecule has 2 aromatic heterocycles. The Morgan fingerprint density at radius 2 is 2.32 bits per heavy atom. The van der Waals surface area contributed by atoms with Crippen LogP contribution < -0.4 is 5.73 Å². The Bertz CT molecular complexity index is 716. The van der Waals surface area contributed by atoms with E-state index in [0.29, 0.717) is 10.8 Å². The van der Waals surface area contributed by atoms with Crippen LogP contribution in [-0.2, 0) is 6.42 Å². The van der Waals surface area contributed by atoms with Crippen LogP contribution in [0.1, 0.15) is 12.6 Å². The molecular formula is C13H13ClN4S. The average Bonchev–Trinajstić information content (AvgIpc) is 2.91. The lowest BCUT2D eigenvalue weighted by Gasteiger charge is -2.01. The van der Waals surface area contributed by atoms with Crippen LogP contribution in [0.2, 0.25) is 5.02 Å². The van der Waals surface area contributed by atoms with Gasteiger partial charge in [-0.1, -0.05) is 23.7 Å². The van der Waals surface area contributed by atoms with E-state index in [0.717, 1.165) is 22.6 Å². The summed E-state index contributed by atoms with van der Waals surface area (Å²) in [5, 5.41) is 7.28. The molecule has 1 atom stereocenters. The van der Waals surface area contributed by atoms with E-state index in [1.807, 2.05) is 35.7 Å². The van der Waals surface area contributed by atoms with Gasteiger partial charge in [0.15, 0.2) is 5.82 Å². The fourth-order valence-corrected chi connectivity index (χ4v) is 2.97. The van der Waals surface area contributed by atoms with Crippen LogP contribution in [-0.4, -0.2) is 20.6 Å². The van der Waals surface area contributed by atoms with Gasteiger partial charge in [-0.3, -0.25) is 0 Å². The fourth-order valence-electron chi connectivity index (χ4n) is 1.95. The second-order valence-electron chi connectivity index (χ2n) is 4.55. The molecule has 6 heteroatoms. The lowest BCUT2D eigenvalue weighted by atomic mass is 10.2. The molecule has 0 bridgehead atoms. The van der Waals surface area contributed by atoms with Gasteiger partial charge in [-0.05, 0) is 19.1 Å². The number of halogens is 1. The molecule has 0 fully saturated rings. The number of nitrogens with two attached hydrogens (primary N) is 1. The second kappa shape index (κ2) is 4.92. The van der Waals surface area contributed by atoms with Crippen molar-refractivity contribution >= 4 is 27.9 Å². The smallest absolute Gasteiger partial charge is 0.212 e. The molecule has 4 nitrogen and oxygen atoms in total. The van der Waals surface area contributed by atoms with Crippen molar-refractivity contribution in [3.05, 3.63) is 40.4 Å². The summed E-state index contributed by atoms with van der Waals surface area (Å²) in [6.45, 7) is 1.98. The zero-order valence-electron chi connectivity index (χ0n) is 10.4. The van der Waals surface area contributed by atoms with Crippen LogP contribution in [0.3, 0.4) is 0 Å². The first-order valence-electron chi connectivity index (χ1n) is 5.98. The van der Waals surface area contributed by atoms with E-state index in [2.05, 4.69) is 15.5 Å². The number of nitrogens with zero attached hydrogens (tertiary/aromatic N) is 3. The van der Waals surface area contributed by atoms with Crippen LogP contribution >= 0.6 is 22.9 Å². The van der Waals surface area contributed by atoms with Gasteiger partial charge < -0.3 is 5.73 Å². The molecule has 19 heavy (non-hydrogen) atoms. The van der Waals surface area contributed by atoms with Crippen molar-refractivity contribution in [3.8, 4) is 11.4 Å². The van der Waals surface area contributed by atoms with Gasteiger partial charge in [0.05, 0.1) is 5.69 Å². The van der Waals surface area contributed by atoms with E-state index in [9.17, 15) is 0 Å². The van der Waals surface area contributed by atoms with Crippen LogP contribution in [0.5, 0.6) is 0 Å². The molecule has 0 spiro atoms. The van der Waals surface area contributed by atoms with Crippen molar-refractivity contribution in [2.75, 3.05) is 0 Å². The summed E-state index contributed by atoms with van der Waals surface area (Å²) in [5.74, 6) is 0.695. The van der Waals surface area contributed by atoms with Crippen molar-refractivity contribution in [3.63, 3.8) is 0 Å².